The van der Waals surface area contributed by atoms with Crippen LogP contribution in [0.25, 0.3) is 0 Å². The first-order valence-corrected chi connectivity index (χ1v) is 5.36. The van der Waals surface area contributed by atoms with Gasteiger partial charge in [-0.15, -0.1) is 0 Å². The fourth-order valence-corrected chi connectivity index (χ4v) is 0.878. The normalized spacial score (nSPS) is 11.5. The lowest BCUT2D eigenvalue weighted by Gasteiger charge is -2.08. The minimum atomic E-state index is -0.745. The summed E-state index contributed by atoms with van der Waals surface area (Å²) in [6, 6.07) is 0.232. The van der Waals surface area contributed by atoms with Crippen LogP contribution in [-0.2, 0) is 4.79 Å². The zero-order valence-corrected chi connectivity index (χ0v) is 9.48. The van der Waals surface area contributed by atoms with Crippen LogP contribution in [0.3, 0.4) is 0 Å². The number of carboxylic acid groups (broad SMARTS) is 1. The van der Waals surface area contributed by atoms with Crippen molar-refractivity contribution in [1.29, 1.82) is 0 Å². The molecular formula is C10H24N2O3. The molecule has 0 heterocycles. The van der Waals surface area contributed by atoms with Crippen LogP contribution in [-0.4, -0.2) is 35.4 Å². The Morgan fingerprint density at radius 1 is 1.33 bits per heavy atom. The fraction of sp³-hybridized carbons (Fsp3) is 0.900. The molecule has 0 aromatic rings. The highest BCUT2D eigenvalue weighted by Crippen LogP contribution is 2.00. The topological polar surface area (TPSA) is 110 Å². The van der Waals surface area contributed by atoms with E-state index < -0.39 is 5.97 Å². The molecule has 15 heavy (non-hydrogen) atoms. The Hall–Kier alpha value is -0.650. The van der Waals surface area contributed by atoms with Crippen molar-refractivity contribution in [2.24, 2.45) is 11.5 Å². The van der Waals surface area contributed by atoms with Crippen LogP contribution in [0.2, 0.25) is 0 Å². The Balaban J connectivity index is 0. The molecule has 5 nitrogen and oxygen atoms in total. The molecule has 0 fully saturated rings. The molecule has 0 radical (unpaired) electrons. The van der Waals surface area contributed by atoms with Crippen LogP contribution < -0.4 is 11.5 Å². The number of rotatable bonds is 7. The first-order chi connectivity index (χ1) is 7.08. The summed E-state index contributed by atoms with van der Waals surface area (Å²) in [5.74, 6) is -0.745. The third kappa shape index (κ3) is 19.7. The van der Waals surface area contributed by atoms with E-state index in [1.807, 2.05) is 0 Å². The fourth-order valence-electron chi connectivity index (χ4n) is 0.878. The maximum atomic E-state index is 9.37. The van der Waals surface area contributed by atoms with Gasteiger partial charge in [0.2, 0.25) is 0 Å². The van der Waals surface area contributed by atoms with Gasteiger partial charge in [0.1, 0.15) is 0 Å². The molecule has 0 aliphatic heterocycles. The molecule has 0 aliphatic carbocycles. The largest absolute Gasteiger partial charge is 0.481 e. The van der Waals surface area contributed by atoms with Gasteiger partial charge in [0, 0.05) is 19.1 Å². The highest BCUT2D eigenvalue weighted by atomic mass is 16.4. The predicted molar refractivity (Wildman–Crippen MR) is 60.5 cm³/mol. The van der Waals surface area contributed by atoms with Gasteiger partial charge in [0.05, 0.1) is 0 Å². The number of aliphatic carboxylic acids is 1. The van der Waals surface area contributed by atoms with Gasteiger partial charge < -0.3 is 21.7 Å². The minimum absolute atomic E-state index is 0.222. The van der Waals surface area contributed by atoms with E-state index in [0.29, 0.717) is 6.54 Å². The number of carbonyl (C=O) groups is 1. The van der Waals surface area contributed by atoms with Crippen molar-refractivity contribution in [1.82, 2.24) is 0 Å². The van der Waals surface area contributed by atoms with Crippen LogP contribution in [0, 0.1) is 0 Å². The Morgan fingerprint density at radius 2 is 1.80 bits per heavy atom. The maximum absolute atomic E-state index is 9.37. The zero-order valence-electron chi connectivity index (χ0n) is 9.48. The average molecular weight is 220 g/mol. The molecular weight excluding hydrogens is 196 g/mol. The summed E-state index contributed by atoms with van der Waals surface area (Å²) in [6.07, 6.45) is 3.92. The van der Waals surface area contributed by atoms with Crippen molar-refractivity contribution < 1.29 is 15.0 Å². The second kappa shape index (κ2) is 13.4. The second-order valence-corrected chi connectivity index (χ2v) is 3.30. The number of carboxylic acids is 1. The number of aliphatic hydroxyl groups is 1. The van der Waals surface area contributed by atoms with E-state index in [-0.39, 0.29) is 19.1 Å². The van der Waals surface area contributed by atoms with Gasteiger partial charge in [0.25, 0.3) is 0 Å². The third-order valence-corrected chi connectivity index (χ3v) is 1.81. The molecule has 0 spiro atoms. The van der Waals surface area contributed by atoms with E-state index in [1.54, 1.807) is 6.92 Å². The van der Waals surface area contributed by atoms with Gasteiger partial charge in [-0.2, -0.15) is 0 Å². The van der Waals surface area contributed by atoms with E-state index in [9.17, 15) is 4.79 Å². The first-order valence-electron chi connectivity index (χ1n) is 5.36. The van der Waals surface area contributed by atoms with Crippen LogP contribution >= 0.6 is 0 Å². The Labute approximate surface area is 91.5 Å². The average Bonchev–Trinajstić information content (AvgIpc) is 2.24. The second-order valence-electron chi connectivity index (χ2n) is 3.30. The van der Waals surface area contributed by atoms with E-state index >= 15 is 0 Å². The van der Waals surface area contributed by atoms with Crippen LogP contribution in [0.4, 0.5) is 0 Å². The Bertz CT molecular complexity index is 135. The molecule has 0 bridgehead atoms. The molecule has 0 aliphatic rings. The smallest absolute Gasteiger partial charge is 0.303 e. The van der Waals surface area contributed by atoms with Crippen molar-refractivity contribution in [3.63, 3.8) is 0 Å². The third-order valence-electron chi connectivity index (χ3n) is 1.81. The molecule has 5 heteroatoms. The summed E-state index contributed by atoms with van der Waals surface area (Å²) in [5.41, 5.74) is 11.0. The SMILES string of the molecule is CCC(=O)O.NCCCC(N)CCCO. The van der Waals surface area contributed by atoms with E-state index in [0.717, 1.165) is 25.7 Å². The van der Waals surface area contributed by atoms with Crippen molar-refractivity contribution in [2.45, 2.75) is 45.1 Å². The van der Waals surface area contributed by atoms with E-state index in [2.05, 4.69) is 0 Å². The summed E-state index contributed by atoms with van der Waals surface area (Å²) in [6.45, 7) is 2.56. The molecule has 0 aromatic heterocycles. The minimum Gasteiger partial charge on any atom is -0.481 e. The zero-order chi connectivity index (χ0) is 12.1. The summed E-state index contributed by atoms with van der Waals surface area (Å²) in [5, 5.41) is 16.2. The number of hydrogen-bond donors (Lipinski definition) is 4. The van der Waals surface area contributed by atoms with Gasteiger partial charge in [-0.3, -0.25) is 4.79 Å². The summed E-state index contributed by atoms with van der Waals surface area (Å²) in [4.78, 5) is 9.37. The lowest BCUT2D eigenvalue weighted by atomic mass is 10.1. The van der Waals surface area contributed by atoms with Crippen molar-refractivity contribution in [3.8, 4) is 0 Å². The number of aliphatic hydroxyl groups excluding tert-OH is 1. The summed E-state index contributed by atoms with van der Waals surface area (Å²) < 4.78 is 0. The molecule has 1 unspecified atom stereocenters. The van der Waals surface area contributed by atoms with Crippen LogP contribution in [0.1, 0.15) is 39.0 Å². The highest BCUT2D eigenvalue weighted by Gasteiger charge is 1.99. The molecule has 0 aromatic carbocycles. The summed E-state index contributed by atoms with van der Waals surface area (Å²) >= 11 is 0. The van der Waals surface area contributed by atoms with Crippen molar-refractivity contribution in [3.05, 3.63) is 0 Å². The number of nitrogens with two attached hydrogens (primary N) is 2. The molecule has 0 rings (SSSR count). The molecule has 0 saturated carbocycles. The Morgan fingerprint density at radius 3 is 2.13 bits per heavy atom. The van der Waals surface area contributed by atoms with Gasteiger partial charge >= 0.3 is 5.97 Å². The lowest BCUT2D eigenvalue weighted by molar-refractivity contribution is -0.136. The lowest BCUT2D eigenvalue weighted by Crippen LogP contribution is -2.21. The molecule has 1 atom stereocenters. The quantitative estimate of drug-likeness (QED) is 0.493. The van der Waals surface area contributed by atoms with Crippen molar-refractivity contribution >= 4 is 5.97 Å². The van der Waals surface area contributed by atoms with Gasteiger partial charge in [-0.05, 0) is 32.2 Å². The molecule has 0 amide bonds. The standard InChI is InChI=1S/C7H18N2O.C3H6O2/c8-5-1-3-7(9)4-2-6-10;1-2-3(4)5/h7,10H,1-6,8-9H2;2H2,1H3,(H,4,5). The summed E-state index contributed by atoms with van der Waals surface area (Å²) in [7, 11) is 0. The van der Waals surface area contributed by atoms with E-state index in [1.165, 1.54) is 0 Å². The first kappa shape index (κ1) is 16.8. The van der Waals surface area contributed by atoms with Crippen molar-refractivity contribution in [2.75, 3.05) is 13.2 Å². The number of hydrogen-bond acceptors (Lipinski definition) is 4. The van der Waals surface area contributed by atoms with Crippen LogP contribution in [0.15, 0.2) is 0 Å². The van der Waals surface area contributed by atoms with Gasteiger partial charge in [-0.1, -0.05) is 6.92 Å². The predicted octanol–water partition coefficient (Wildman–Crippen LogP) is 0.306. The van der Waals surface area contributed by atoms with Crippen LogP contribution in [0.5, 0.6) is 0 Å². The maximum Gasteiger partial charge on any atom is 0.303 e. The Kier molecular flexibility index (Phi) is 14.9. The van der Waals surface area contributed by atoms with Gasteiger partial charge in [-0.25, -0.2) is 0 Å². The molecule has 0 saturated heterocycles. The molecule has 92 valence electrons. The van der Waals surface area contributed by atoms with Gasteiger partial charge in [0.15, 0.2) is 0 Å². The highest BCUT2D eigenvalue weighted by molar-refractivity contribution is 5.66. The molecule has 6 N–H and O–H groups in total. The van der Waals surface area contributed by atoms with E-state index in [4.69, 9.17) is 21.7 Å². The monoisotopic (exact) mass is 220 g/mol.